The van der Waals surface area contributed by atoms with E-state index in [0.717, 1.165) is 24.2 Å². The van der Waals surface area contributed by atoms with Crippen molar-refractivity contribution in [3.63, 3.8) is 0 Å². The fourth-order valence-corrected chi connectivity index (χ4v) is 3.34. The number of likely N-dealkylation sites (N-methyl/N-ethyl adjacent to an activating group) is 1. The van der Waals surface area contributed by atoms with Gasteiger partial charge in [0.2, 0.25) is 0 Å². The average molecular weight is 344 g/mol. The van der Waals surface area contributed by atoms with Crippen LogP contribution >= 0.6 is 0 Å². The molecule has 1 amide bonds. The van der Waals surface area contributed by atoms with Crippen LogP contribution in [0.15, 0.2) is 35.6 Å². The van der Waals surface area contributed by atoms with Crippen LogP contribution in [0.1, 0.15) is 44.4 Å². The van der Waals surface area contributed by atoms with Gasteiger partial charge in [0.15, 0.2) is 11.5 Å². The van der Waals surface area contributed by atoms with E-state index in [1.54, 1.807) is 11.8 Å². The summed E-state index contributed by atoms with van der Waals surface area (Å²) >= 11 is 0. The van der Waals surface area contributed by atoms with Crippen molar-refractivity contribution >= 4 is 11.7 Å². The first-order chi connectivity index (χ1) is 11.9. The monoisotopic (exact) mass is 344 g/mol. The molecule has 0 fully saturated rings. The molecule has 0 bridgehead atoms. The predicted molar refractivity (Wildman–Crippen MR) is 98.4 cm³/mol. The Balaban J connectivity index is 2.40. The van der Waals surface area contributed by atoms with E-state index in [1.165, 1.54) is 0 Å². The molecule has 1 aromatic rings. The number of aryl methyl sites for hydroxylation is 1. The van der Waals surface area contributed by atoms with E-state index in [9.17, 15) is 14.7 Å². The lowest BCUT2D eigenvalue weighted by atomic mass is 9.94. The normalized spacial score (nSPS) is 17.7. The fourth-order valence-electron chi connectivity index (χ4n) is 3.34. The van der Waals surface area contributed by atoms with E-state index in [0.29, 0.717) is 13.1 Å². The molecule has 1 N–H and O–H groups in total. The molecule has 0 aliphatic carbocycles. The number of hydrogen-bond acceptors (Lipinski definition) is 4. The lowest BCUT2D eigenvalue weighted by molar-refractivity contribution is -0.129. The Labute approximate surface area is 149 Å². The topological polar surface area (TPSA) is 60.9 Å². The molecule has 1 aliphatic rings. The summed E-state index contributed by atoms with van der Waals surface area (Å²) in [7, 11) is 0. The van der Waals surface area contributed by atoms with Gasteiger partial charge in [0.25, 0.3) is 5.91 Å². The number of nitrogens with zero attached hydrogens (tertiary/aromatic N) is 2. The van der Waals surface area contributed by atoms with E-state index in [-0.39, 0.29) is 17.8 Å². The Morgan fingerprint density at radius 2 is 1.92 bits per heavy atom. The zero-order valence-corrected chi connectivity index (χ0v) is 15.6. The largest absolute Gasteiger partial charge is 0.503 e. The highest BCUT2D eigenvalue weighted by Gasteiger charge is 2.42. The van der Waals surface area contributed by atoms with E-state index in [1.807, 2.05) is 31.2 Å². The summed E-state index contributed by atoms with van der Waals surface area (Å²) in [6.45, 7) is 10.9. The number of Topliss-reactive ketones (excluding diaryl/α,β-unsaturated/α-hetero) is 1. The molecule has 1 atom stereocenters. The molecule has 25 heavy (non-hydrogen) atoms. The van der Waals surface area contributed by atoms with Crippen molar-refractivity contribution in [2.24, 2.45) is 0 Å². The summed E-state index contributed by atoms with van der Waals surface area (Å²) in [6.07, 6.45) is 0.263. The van der Waals surface area contributed by atoms with Crippen LogP contribution in [0.3, 0.4) is 0 Å². The summed E-state index contributed by atoms with van der Waals surface area (Å²) in [6, 6.07) is 7.28. The number of amides is 1. The molecule has 0 aromatic heterocycles. The molecule has 0 spiro atoms. The quantitative estimate of drug-likeness (QED) is 0.787. The van der Waals surface area contributed by atoms with Gasteiger partial charge in [-0.1, -0.05) is 50.6 Å². The molecule has 5 nitrogen and oxygen atoms in total. The minimum atomic E-state index is -0.504. The second-order valence-electron chi connectivity index (χ2n) is 6.38. The van der Waals surface area contributed by atoms with Crippen LogP contribution in [0.25, 0.3) is 0 Å². The van der Waals surface area contributed by atoms with Gasteiger partial charge in [-0.2, -0.15) is 0 Å². The summed E-state index contributed by atoms with van der Waals surface area (Å²) in [4.78, 5) is 28.9. The Bertz CT molecular complexity index is 677. The number of hydrogen-bond donors (Lipinski definition) is 1. The van der Waals surface area contributed by atoms with E-state index >= 15 is 0 Å². The van der Waals surface area contributed by atoms with Gasteiger partial charge < -0.3 is 14.9 Å². The Kier molecular flexibility index (Phi) is 6.37. The number of carbonyl (C=O) groups excluding carboxylic acids is 2. The van der Waals surface area contributed by atoms with Crippen molar-refractivity contribution in [3.05, 3.63) is 46.7 Å². The van der Waals surface area contributed by atoms with Crippen LogP contribution in [0, 0.1) is 6.92 Å². The highest BCUT2D eigenvalue weighted by Crippen LogP contribution is 2.38. The molecule has 0 radical (unpaired) electrons. The molecule has 0 saturated carbocycles. The van der Waals surface area contributed by atoms with Gasteiger partial charge in [0.05, 0.1) is 11.6 Å². The molecular formula is C20H28N2O3. The minimum Gasteiger partial charge on any atom is -0.503 e. The van der Waals surface area contributed by atoms with Gasteiger partial charge >= 0.3 is 0 Å². The molecular weight excluding hydrogens is 316 g/mol. The summed E-state index contributed by atoms with van der Waals surface area (Å²) < 4.78 is 0. The molecule has 1 unspecified atom stereocenters. The van der Waals surface area contributed by atoms with Crippen LogP contribution in [-0.2, 0) is 9.59 Å². The summed E-state index contributed by atoms with van der Waals surface area (Å²) in [5.74, 6) is -1.02. The van der Waals surface area contributed by atoms with Gasteiger partial charge in [0, 0.05) is 19.5 Å². The Morgan fingerprint density at radius 3 is 2.48 bits per heavy atom. The third kappa shape index (κ3) is 3.93. The highest BCUT2D eigenvalue weighted by atomic mass is 16.3. The first-order valence-corrected chi connectivity index (χ1v) is 9.00. The lowest BCUT2D eigenvalue weighted by Crippen LogP contribution is -2.38. The molecule has 0 saturated heterocycles. The number of rotatable bonds is 8. The number of benzene rings is 1. The molecule has 5 heteroatoms. The number of ketones is 1. The van der Waals surface area contributed by atoms with Crippen molar-refractivity contribution in [3.8, 4) is 0 Å². The maximum atomic E-state index is 12.6. The molecule has 1 heterocycles. The van der Waals surface area contributed by atoms with Gasteiger partial charge in [0.1, 0.15) is 0 Å². The molecule has 2 rings (SSSR count). The third-order valence-corrected chi connectivity index (χ3v) is 4.83. The first-order valence-electron chi connectivity index (χ1n) is 9.00. The maximum absolute atomic E-state index is 12.6. The zero-order valence-electron chi connectivity index (χ0n) is 15.6. The van der Waals surface area contributed by atoms with Crippen LogP contribution in [0.5, 0.6) is 0 Å². The van der Waals surface area contributed by atoms with E-state index < -0.39 is 17.7 Å². The van der Waals surface area contributed by atoms with Crippen LogP contribution in [0.4, 0.5) is 0 Å². The van der Waals surface area contributed by atoms with E-state index in [4.69, 9.17) is 0 Å². The zero-order chi connectivity index (χ0) is 18.6. The highest BCUT2D eigenvalue weighted by molar-refractivity contribution is 6.08. The Hall–Kier alpha value is -2.14. The lowest BCUT2D eigenvalue weighted by Gasteiger charge is -2.29. The van der Waals surface area contributed by atoms with Crippen LogP contribution < -0.4 is 0 Å². The maximum Gasteiger partial charge on any atom is 0.290 e. The van der Waals surface area contributed by atoms with Crippen molar-refractivity contribution in [1.29, 1.82) is 0 Å². The minimum absolute atomic E-state index is 0.178. The molecule has 136 valence electrons. The van der Waals surface area contributed by atoms with Crippen molar-refractivity contribution < 1.29 is 14.7 Å². The van der Waals surface area contributed by atoms with Gasteiger partial charge in [-0.05, 0) is 25.6 Å². The number of carbonyl (C=O) groups is 2. The van der Waals surface area contributed by atoms with Crippen molar-refractivity contribution in [2.75, 3.05) is 26.2 Å². The average Bonchev–Trinajstić information content (AvgIpc) is 2.86. The van der Waals surface area contributed by atoms with Crippen molar-refractivity contribution in [2.45, 2.75) is 40.2 Å². The number of aliphatic hydroxyl groups is 1. The standard InChI is InChI=1S/C20H28N2O3/c1-5-16(23)17-18(15-10-8-9-14(4)13-15)22(20(25)19(17)24)12-11-21(6-2)7-3/h8-10,13,18,24H,5-7,11-12H2,1-4H3. The molecule has 1 aliphatic heterocycles. The predicted octanol–water partition coefficient (Wildman–Crippen LogP) is 3.01. The van der Waals surface area contributed by atoms with Gasteiger partial charge in [-0.15, -0.1) is 0 Å². The van der Waals surface area contributed by atoms with E-state index in [2.05, 4.69) is 18.7 Å². The van der Waals surface area contributed by atoms with Gasteiger partial charge in [-0.3, -0.25) is 9.59 Å². The summed E-state index contributed by atoms with van der Waals surface area (Å²) in [5.41, 5.74) is 2.16. The first kappa shape index (κ1) is 19.2. The van der Waals surface area contributed by atoms with Crippen LogP contribution in [-0.4, -0.2) is 52.8 Å². The second-order valence-corrected chi connectivity index (χ2v) is 6.38. The smallest absolute Gasteiger partial charge is 0.290 e. The van der Waals surface area contributed by atoms with Gasteiger partial charge in [-0.25, -0.2) is 0 Å². The van der Waals surface area contributed by atoms with Crippen LogP contribution in [0.2, 0.25) is 0 Å². The summed E-state index contributed by atoms with van der Waals surface area (Å²) in [5, 5.41) is 10.4. The number of aliphatic hydroxyl groups excluding tert-OH is 1. The second kappa shape index (κ2) is 8.30. The molecule has 1 aromatic carbocycles. The Morgan fingerprint density at radius 1 is 1.24 bits per heavy atom. The fraction of sp³-hybridized carbons (Fsp3) is 0.500. The SMILES string of the molecule is CCC(=O)C1=C(O)C(=O)N(CCN(CC)CC)C1c1cccc(C)c1. The van der Waals surface area contributed by atoms with Crippen molar-refractivity contribution in [1.82, 2.24) is 9.80 Å². The third-order valence-electron chi connectivity index (χ3n) is 4.83.